The van der Waals surface area contributed by atoms with Crippen LogP contribution in [0.1, 0.15) is 118 Å². The number of rotatable bonds is 9. The third-order valence-electron chi connectivity index (χ3n) is 11.3. The highest BCUT2D eigenvalue weighted by Gasteiger charge is 2.63. The number of unbranched alkanes of at least 4 members (excludes halogenated alkanes) is 1. The zero-order valence-electron chi connectivity index (χ0n) is 23.5. The molecule has 5 heteroatoms. The predicted octanol–water partition coefficient (Wildman–Crippen LogP) is 7.74. The average molecular weight is 502 g/mol. The lowest BCUT2D eigenvalue weighted by atomic mass is 9.41. The van der Waals surface area contributed by atoms with Crippen molar-refractivity contribution >= 4 is 12.1 Å². The molecule has 4 aliphatic carbocycles. The zero-order valence-corrected chi connectivity index (χ0v) is 23.5. The van der Waals surface area contributed by atoms with Crippen LogP contribution >= 0.6 is 0 Å². The molecule has 5 nitrogen and oxygen atoms in total. The molecule has 4 aliphatic rings. The van der Waals surface area contributed by atoms with E-state index >= 15 is 0 Å². The standard InChI is InChI=1S/C31H51NO4/c1-21(2)8-6-7-9-22-10-11-25-29(22,3)18-14-26-30(4)17-13-24(20-23(30)12-16-31(25,26)5)36-28(35)32-19-15-27(33)34/h12,21-22,24-26H,6-11,13-20H2,1-5H3,(H,32,35)(H,33,34). The van der Waals surface area contributed by atoms with Crippen molar-refractivity contribution in [2.24, 2.45) is 39.9 Å². The molecular formula is C31H51NO4. The number of fused-ring (bicyclic) bond motifs is 5. The van der Waals surface area contributed by atoms with E-state index in [9.17, 15) is 9.59 Å². The van der Waals surface area contributed by atoms with E-state index in [1.165, 1.54) is 63.4 Å². The van der Waals surface area contributed by atoms with Crippen LogP contribution in [0.3, 0.4) is 0 Å². The molecule has 0 aliphatic heterocycles. The van der Waals surface area contributed by atoms with Crippen molar-refractivity contribution in [2.45, 2.75) is 124 Å². The fourth-order valence-electron chi connectivity index (χ4n) is 9.37. The molecule has 0 aromatic rings. The molecule has 36 heavy (non-hydrogen) atoms. The predicted molar refractivity (Wildman–Crippen MR) is 144 cm³/mol. The maximum Gasteiger partial charge on any atom is 0.407 e. The van der Waals surface area contributed by atoms with Crippen LogP contribution in [0.15, 0.2) is 11.6 Å². The summed E-state index contributed by atoms with van der Waals surface area (Å²) < 4.78 is 5.71. The van der Waals surface area contributed by atoms with Crippen molar-refractivity contribution in [3.8, 4) is 0 Å². The Morgan fingerprint density at radius 3 is 2.56 bits per heavy atom. The van der Waals surface area contributed by atoms with Crippen molar-refractivity contribution in [2.75, 3.05) is 6.54 Å². The van der Waals surface area contributed by atoms with Crippen LogP contribution in [0.4, 0.5) is 4.79 Å². The van der Waals surface area contributed by atoms with Gasteiger partial charge in [0.1, 0.15) is 6.10 Å². The van der Waals surface area contributed by atoms with Gasteiger partial charge in [0.05, 0.1) is 6.42 Å². The van der Waals surface area contributed by atoms with Gasteiger partial charge in [-0.05, 0) is 91.3 Å². The summed E-state index contributed by atoms with van der Waals surface area (Å²) in [6.45, 7) is 12.6. The van der Waals surface area contributed by atoms with E-state index in [2.05, 4.69) is 46.0 Å². The molecule has 204 valence electrons. The normalized spacial score (nSPS) is 39.6. The second-order valence-corrected chi connectivity index (χ2v) is 13.8. The van der Waals surface area contributed by atoms with Crippen LogP contribution in [-0.2, 0) is 9.53 Å². The molecule has 0 aromatic carbocycles. The largest absolute Gasteiger partial charge is 0.481 e. The van der Waals surface area contributed by atoms with Crippen LogP contribution in [0.2, 0.25) is 0 Å². The van der Waals surface area contributed by atoms with Gasteiger partial charge in [-0.25, -0.2) is 4.79 Å². The zero-order chi connectivity index (χ0) is 26.1. The Morgan fingerprint density at radius 1 is 1.06 bits per heavy atom. The van der Waals surface area contributed by atoms with Gasteiger partial charge in [0.15, 0.2) is 0 Å². The maximum atomic E-state index is 12.2. The summed E-state index contributed by atoms with van der Waals surface area (Å²) in [6, 6.07) is 0. The summed E-state index contributed by atoms with van der Waals surface area (Å²) in [5.74, 6) is 2.34. The van der Waals surface area contributed by atoms with Crippen LogP contribution in [0, 0.1) is 39.9 Å². The van der Waals surface area contributed by atoms with Crippen molar-refractivity contribution < 1.29 is 19.4 Å². The van der Waals surface area contributed by atoms with Crippen molar-refractivity contribution in [3.05, 3.63) is 11.6 Å². The lowest BCUT2D eigenvalue weighted by Gasteiger charge is -2.63. The summed E-state index contributed by atoms with van der Waals surface area (Å²) in [4.78, 5) is 22.9. The molecule has 4 rings (SSSR count). The monoisotopic (exact) mass is 501 g/mol. The highest BCUT2D eigenvalue weighted by Crippen LogP contribution is 2.71. The lowest BCUT2D eigenvalue weighted by Crippen LogP contribution is -2.56. The Labute approximate surface area is 219 Å². The molecule has 7 atom stereocenters. The number of hydrogen-bond acceptors (Lipinski definition) is 3. The summed E-state index contributed by atoms with van der Waals surface area (Å²) in [5.41, 5.74) is 2.59. The van der Waals surface area contributed by atoms with Crippen molar-refractivity contribution in [3.63, 3.8) is 0 Å². The smallest absolute Gasteiger partial charge is 0.407 e. The summed E-state index contributed by atoms with van der Waals surface area (Å²) >= 11 is 0. The first kappa shape index (κ1) is 27.5. The van der Waals surface area contributed by atoms with E-state index in [-0.39, 0.29) is 24.5 Å². The van der Waals surface area contributed by atoms with Crippen LogP contribution < -0.4 is 5.32 Å². The van der Waals surface area contributed by atoms with Crippen molar-refractivity contribution in [1.29, 1.82) is 0 Å². The first-order valence-corrected chi connectivity index (χ1v) is 14.8. The van der Waals surface area contributed by atoms with Gasteiger partial charge in [-0.1, -0.05) is 65.5 Å². The fraction of sp³-hybridized carbons (Fsp3) is 0.871. The van der Waals surface area contributed by atoms with Gasteiger partial charge >= 0.3 is 12.1 Å². The molecule has 1 amide bonds. The van der Waals surface area contributed by atoms with Gasteiger partial charge in [0, 0.05) is 13.0 Å². The molecule has 0 aromatic heterocycles. The van der Waals surface area contributed by atoms with E-state index in [4.69, 9.17) is 9.84 Å². The molecular weight excluding hydrogens is 450 g/mol. The number of carboxylic acid groups (broad SMARTS) is 1. The second kappa shape index (κ2) is 10.7. The molecule has 2 N–H and O–H groups in total. The number of nitrogens with one attached hydrogen (secondary N) is 1. The molecule has 0 spiro atoms. The van der Waals surface area contributed by atoms with E-state index in [0.29, 0.717) is 16.7 Å². The second-order valence-electron chi connectivity index (χ2n) is 13.8. The molecule has 0 heterocycles. The van der Waals surface area contributed by atoms with Gasteiger partial charge in [0.2, 0.25) is 0 Å². The van der Waals surface area contributed by atoms with E-state index in [1.807, 2.05) is 0 Å². The Morgan fingerprint density at radius 2 is 1.83 bits per heavy atom. The van der Waals surface area contributed by atoms with Crippen LogP contribution in [-0.4, -0.2) is 29.8 Å². The number of hydrogen-bond donors (Lipinski definition) is 2. The van der Waals surface area contributed by atoms with Gasteiger partial charge in [-0.2, -0.15) is 0 Å². The van der Waals surface area contributed by atoms with Crippen molar-refractivity contribution in [1.82, 2.24) is 5.32 Å². The highest BCUT2D eigenvalue weighted by atomic mass is 16.6. The van der Waals surface area contributed by atoms with Gasteiger partial charge in [0.25, 0.3) is 0 Å². The number of carboxylic acids is 1. The van der Waals surface area contributed by atoms with Gasteiger partial charge in [-0.3, -0.25) is 4.79 Å². The summed E-state index contributed by atoms with van der Waals surface area (Å²) in [7, 11) is 0. The SMILES string of the molecule is CC(C)CCCCC1CCC2C1(C)CCC1C3(C)CCC(OC(=O)NCCC(=O)O)CC3=CCC12C. The minimum Gasteiger partial charge on any atom is -0.481 e. The first-order valence-electron chi connectivity index (χ1n) is 14.8. The maximum absolute atomic E-state index is 12.2. The summed E-state index contributed by atoms with van der Waals surface area (Å²) in [5, 5.41) is 11.4. The van der Waals surface area contributed by atoms with Crippen LogP contribution in [0.25, 0.3) is 0 Å². The Hall–Kier alpha value is -1.52. The number of ether oxygens (including phenoxy) is 1. The molecule has 3 fully saturated rings. The lowest BCUT2D eigenvalue weighted by molar-refractivity contribution is -0.136. The minimum atomic E-state index is -0.914. The molecule has 0 saturated heterocycles. The van der Waals surface area contributed by atoms with Gasteiger partial charge < -0.3 is 15.2 Å². The molecule has 7 unspecified atom stereocenters. The third-order valence-corrected chi connectivity index (χ3v) is 11.3. The fourth-order valence-corrected chi connectivity index (χ4v) is 9.37. The molecule has 0 bridgehead atoms. The number of alkyl carbamates (subject to hydrolysis) is 1. The average Bonchev–Trinajstić information content (AvgIpc) is 3.14. The van der Waals surface area contributed by atoms with E-state index in [0.717, 1.165) is 37.0 Å². The number of carbonyl (C=O) groups is 2. The highest BCUT2D eigenvalue weighted by molar-refractivity contribution is 5.70. The Balaban J connectivity index is 1.40. The van der Waals surface area contributed by atoms with E-state index in [1.54, 1.807) is 0 Å². The molecule has 0 radical (unpaired) electrons. The minimum absolute atomic E-state index is 0.0812. The van der Waals surface area contributed by atoms with E-state index < -0.39 is 12.1 Å². The number of carbonyl (C=O) groups excluding carboxylic acids is 1. The molecule has 3 saturated carbocycles. The summed E-state index contributed by atoms with van der Waals surface area (Å²) in [6.07, 6.45) is 17.0. The van der Waals surface area contributed by atoms with Crippen LogP contribution in [0.5, 0.6) is 0 Å². The third kappa shape index (κ3) is 5.23. The topological polar surface area (TPSA) is 75.6 Å². The van der Waals surface area contributed by atoms with Gasteiger partial charge in [-0.15, -0.1) is 0 Å². The quantitative estimate of drug-likeness (QED) is 0.250. The number of allylic oxidation sites excluding steroid dienone is 1. The number of amides is 1. The Bertz CT molecular complexity index is 852. The Kier molecular flexibility index (Phi) is 8.17. The number of aliphatic carboxylic acids is 1. The first-order chi connectivity index (χ1) is 17.0.